The molecular weight excluding hydrogens is 150 g/mol. The van der Waals surface area contributed by atoms with Crippen molar-refractivity contribution in [1.29, 1.82) is 0 Å². The van der Waals surface area contributed by atoms with Crippen LogP contribution in [0.1, 0.15) is 0 Å². The molecule has 0 saturated carbocycles. The largest absolute Gasteiger partial charge is 0.275 e. The fourth-order valence-corrected chi connectivity index (χ4v) is 0.980. The molecule has 0 amide bonds. The lowest BCUT2D eigenvalue weighted by Crippen LogP contribution is -1.80. The summed E-state index contributed by atoms with van der Waals surface area (Å²) >= 11 is 0. The summed E-state index contributed by atoms with van der Waals surface area (Å²) in [6.45, 7) is 0. The molecule has 0 atom stereocenters. The number of hydrogen-bond acceptors (Lipinski definition) is 1. The minimum absolute atomic E-state index is 0.242. The van der Waals surface area contributed by atoms with Gasteiger partial charge < -0.3 is 0 Å². The molecule has 0 bridgehead atoms. The Balaban J connectivity index is 2.91. The first-order valence-electron chi connectivity index (χ1n) is 3.05. The first-order chi connectivity index (χ1) is 5.27. The molecule has 2 nitrogen and oxygen atoms in total. The zero-order chi connectivity index (χ0) is 7.84. The molecule has 0 radical (unpaired) electrons. The predicted molar refractivity (Wildman–Crippen MR) is 36.0 cm³/mol. The van der Waals surface area contributed by atoms with E-state index in [1.54, 1.807) is 0 Å². The molecule has 0 spiro atoms. The van der Waals surface area contributed by atoms with Crippen molar-refractivity contribution in [3.63, 3.8) is 0 Å². The highest BCUT2D eigenvalue weighted by Crippen LogP contribution is 2.15. The maximum absolute atomic E-state index is 12.8. The topological polar surface area (TPSA) is 28.7 Å². The molecule has 1 aromatic carbocycles. The zero-order valence-corrected chi connectivity index (χ0v) is 5.44. The maximum atomic E-state index is 12.8. The van der Waals surface area contributed by atoms with E-state index in [1.807, 2.05) is 0 Å². The molecule has 1 N–H and O–H groups in total. The van der Waals surface area contributed by atoms with Crippen molar-refractivity contribution in [2.24, 2.45) is 0 Å². The number of nitrogens with one attached hydrogen (secondary N) is 1. The van der Waals surface area contributed by atoms with Crippen LogP contribution in [0, 0.1) is 11.6 Å². The quantitative estimate of drug-likeness (QED) is 0.616. The lowest BCUT2D eigenvalue weighted by Gasteiger charge is -1.90. The standard InChI is InChI=1S/C7H4F2N2/c8-5-1-4-3-10-11-7(4)6(9)2-5/h1-3H,(H,10,11). The van der Waals surface area contributed by atoms with E-state index in [1.165, 1.54) is 12.3 Å². The molecule has 2 aromatic rings. The normalized spacial score (nSPS) is 10.7. The van der Waals surface area contributed by atoms with Crippen molar-refractivity contribution in [3.05, 3.63) is 30.0 Å². The highest BCUT2D eigenvalue weighted by atomic mass is 19.1. The smallest absolute Gasteiger partial charge is 0.151 e. The number of H-pyrrole nitrogens is 1. The fraction of sp³-hybridized carbons (Fsp3) is 0. The Morgan fingerprint density at radius 2 is 2.09 bits per heavy atom. The number of hydrogen-bond donors (Lipinski definition) is 1. The van der Waals surface area contributed by atoms with Crippen molar-refractivity contribution in [1.82, 2.24) is 10.2 Å². The lowest BCUT2D eigenvalue weighted by molar-refractivity contribution is 0.590. The van der Waals surface area contributed by atoms with Crippen molar-refractivity contribution in [2.75, 3.05) is 0 Å². The molecule has 2 rings (SSSR count). The summed E-state index contributed by atoms with van der Waals surface area (Å²) in [6.07, 6.45) is 1.38. The molecule has 11 heavy (non-hydrogen) atoms. The monoisotopic (exact) mass is 154 g/mol. The Bertz CT molecular complexity index is 394. The van der Waals surface area contributed by atoms with E-state index >= 15 is 0 Å². The van der Waals surface area contributed by atoms with Gasteiger partial charge >= 0.3 is 0 Å². The van der Waals surface area contributed by atoms with Crippen LogP contribution in [0.3, 0.4) is 0 Å². The zero-order valence-electron chi connectivity index (χ0n) is 5.44. The summed E-state index contributed by atoms with van der Waals surface area (Å²) in [5.41, 5.74) is 0.242. The summed E-state index contributed by atoms with van der Waals surface area (Å²) in [4.78, 5) is 0. The van der Waals surface area contributed by atoms with Crippen LogP contribution in [0.15, 0.2) is 18.3 Å². The minimum Gasteiger partial charge on any atom is -0.275 e. The van der Waals surface area contributed by atoms with Gasteiger partial charge in [-0.05, 0) is 6.07 Å². The Morgan fingerprint density at radius 3 is 2.91 bits per heavy atom. The van der Waals surface area contributed by atoms with E-state index in [9.17, 15) is 8.78 Å². The average Bonchev–Trinajstić information content (AvgIpc) is 2.34. The second-order valence-corrected chi connectivity index (χ2v) is 2.22. The molecule has 0 aliphatic heterocycles. The predicted octanol–water partition coefficient (Wildman–Crippen LogP) is 1.84. The van der Waals surface area contributed by atoms with Gasteiger partial charge in [-0.15, -0.1) is 0 Å². The van der Waals surface area contributed by atoms with Crippen LogP contribution in [-0.2, 0) is 0 Å². The number of aromatic nitrogens is 2. The van der Waals surface area contributed by atoms with Gasteiger partial charge in [0.05, 0.1) is 6.20 Å². The van der Waals surface area contributed by atoms with Crippen LogP contribution >= 0.6 is 0 Å². The van der Waals surface area contributed by atoms with Crippen LogP contribution in [0.5, 0.6) is 0 Å². The molecule has 0 unspecified atom stereocenters. The van der Waals surface area contributed by atoms with Crippen molar-refractivity contribution in [3.8, 4) is 0 Å². The van der Waals surface area contributed by atoms with E-state index in [-0.39, 0.29) is 5.52 Å². The Morgan fingerprint density at radius 1 is 1.27 bits per heavy atom. The summed E-state index contributed by atoms with van der Waals surface area (Å²) in [6, 6.07) is 2.04. The van der Waals surface area contributed by atoms with Gasteiger partial charge in [0.2, 0.25) is 0 Å². The molecule has 0 aliphatic rings. The minimum atomic E-state index is -0.613. The highest BCUT2D eigenvalue weighted by Gasteiger charge is 2.03. The Labute approximate surface area is 60.8 Å². The van der Waals surface area contributed by atoms with Crippen LogP contribution in [0.2, 0.25) is 0 Å². The van der Waals surface area contributed by atoms with E-state index in [4.69, 9.17) is 0 Å². The second kappa shape index (κ2) is 2.02. The van der Waals surface area contributed by atoms with Gasteiger partial charge in [0, 0.05) is 11.5 Å². The lowest BCUT2D eigenvalue weighted by atomic mass is 10.2. The molecule has 4 heteroatoms. The number of halogens is 2. The summed E-state index contributed by atoms with van der Waals surface area (Å²) in [5.74, 6) is -1.20. The Kier molecular flexibility index (Phi) is 1.15. The van der Waals surface area contributed by atoms with Gasteiger partial charge in [0.15, 0.2) is 5.82 Å². The van der Waals surface area contributed by atoms with E-state index in [0.29, 0.717) is 5.39 Å². The number of rotatable bonds is 0. The van der Waals surface area contributed by atoms with Gasteiger partial charge in [-0.25, -0.2) is 8.78 Å². The van der Waals surface area contributed by atoms with Crippen molar-refractivity contribution in [2.45, 2.75) is 0 Å². The van der Waals surface area contributed by atoms with Crippen LogP contribution in [-0.4, -0.2) is 10.2 Å². The van der Waals surface area contributed by atoms with E-state index in [2.05, 4.69) is 10.2 Å². The van der Waals surface area contributed by atoms with Crippen molar-refractivity contribution < 1.29 is 8.78 Å². The number of aromatic amines is 1. The third-order valence-electron chi connectivity index (χ3n) is 1.47. The van der Waals surface area contributed by atoms with Crippen LogP contribution < -0.4 is 0 Å². The summed E-state index contributed by atoms with van der Waals surface area (Å²) < 4.78 is 25.3. The van der Waals surface area contributed by atoms with Crippen molar-refractivity contribution >= 4 is 10.9 Å². The van der Waals surface area contributed by atoms with Gasteiger partial charge in [-0.3, -0.25) is 5.10 Å². The number of nitrogens with zero attached hydrogens (tertiary/aromatic N) is 1. The third-order valence-corrected chi connectivity index (χ3v) is 1.47. The van der Waals surface area contributed by atoms with Gasteiger partial charge in [-0.2, -0.15) is 5.10 Å². The van der Waals surface area contributed by atoms with Gasteiger partial charge in [0.1, 0.15) is 11.3 Å². The first kappa shape index (κ1) is 6.27. The number of benzene rings is 1. The molecule has 1 aromatic heterocycles. The average molecular weight is 154 g/mol. The molecular formula is C7H4F2N2. The molecule has 1 heterocycles. The molecule has 0 fully saturated rings. The molecule has 56 valence electrons. The number of fused-ring (bicyclic) bond motifs is 1. The second-order valence-electron chi connectivity index (χ2n) is 2.22. The summed E-state index contributed by atoms with van der Waals surface area (Å²) in [5, 5.41) is 6.44. The first-order valence-corrected chi connectivity index (χ1v) is 3.05. The SMILES string of the molecule is Fc1cc(F)c2[nH]ncc2c1. The fourth-order valence-electron chi connectivity index (χ4n) is 0.980. The highest BCUT2D eigenvalue weighted by molar-refractivity contribution is 5.78. The molecule has 0 saturated heterocycles. The van der Waals surface area contributed by atoms with Gasteiger partial charge in [0.25, 0.3) is 0 Å². The van der Waals surface area contributed by atoms with Gasteiger partial charge in [-0.1, -0.05) is 0 Å². The van der Waals surface area contributed by atoms with Crippen LogP contribution in [0.25, 0.3) is 10.9 Å². The summed E-state index contributed by atoms with van der Waals surface area (Å²) in [7, 11) is 0. The third kappa shape index (κ3) is 0.869. The Hall–Kier alpha value is -1.45. The molecule has 0 aliphatic carbocycles. The van der Waals surface area contributed by atoms with E-state index < -0.39 is 11.6 Å². The van der Waals surface area contributed by atoms with E-state index in [0.717, 1.165) is 6.07 Å². The van der Waals surface area contributed by atoms with Crippen LogP contribution in [0.4, 0.5) is 8.78 Å². The maximum Gasteiger partial charge on any atom is 0.151 e.